The summed E-state index contributed by atoms with van der Waals surface area (Å²) in [5, 5.41) is 0. The number of aryl methyl sites for hydroxylation is 2. The molecule has 0 bridgehead atoms. The lowest BCUT2D eigenvalue weighted by Crippen LogP contribution is -2.21. The van der Waals surface area contributed by atoms with Crippen molar-refractivity contribution < 1.29 is 13.5 Å². The van der Waals surface area contributed by atoms with Gasteiger partial charge in [0.15, 0.2) is 0 Å². The number of halogens is 2. The fourth-order valence-electron chi connectivity index (χ4n) is 3.34. The van der Waals surface area contributed by atoms with Crippen LogP contribution < -0.4 is 4.74 Å². The molecule has 160 valence electrons. The molecule has 0 unspecified atom stereocenters. The summed E-state index contributed by atoms with van der Waals surface area (Å²) in [6.07, 6.45) is 6.19. The first-order chi connectivity index (χ1) is 15.0. The molecule has 0 radical (unpaired) electrons. The summed E-state index contributed by atoms with van der Waals surface area (Å²) in [5.74, 6) is 0.133. The first-order valence-electron chi connectivity index (χ1n) is 10.6. The van der Waals surface area contributed by atoms with Gasteiger partial charge in [0.25, 0.3) is 0 Å². The quantitative estimate of drug-likeness (QED) is 0.302. The van der Waals surface area contributed by atoms with E-state index in [2.05, 4.69) is 24.8 Å². The molecule has 0 aliphatic heterocycles. The first-order valence-corrected chi connectivity index (χ1v) is 10.6. The van der Waals surface area contributed by atoms with Gasteiger partial charge in [0.2, 0.25) is 0 Å². The van der Waals surface area contributed by atoms with Gasteiger partial charge in [-0.2, -0.15) is 8.78 Å². The van der Waals surface area contributed by atoms with Crippen LogP contribution in [0.5, 0.6) is 5.75 Å². The lowest BCUT2D eigenvalue weighted by molar-refractivity contribution is -0.185. The molecule has 0 saturated carbocycles. The summed E-state index contributed by atoms with van der Waals surface area (Å²) in [6.45, 7) is 5.71. The van der Waals surface area contributed by atoms with Crippen LogP contribution in [0, 0.1) is 0 Å². The lowest BCUT2D eigenvalue weighted by atomic mass is 10.0. The molecule has 31 heavy (non-hydrogen) atoms. The van der Waals surface area contributed by atoms with Crippen molar-refractivity contribution in [1.82, 2.24) is 0 Å². The van der Waals surface area contributed by atoms with Crippen molar-refractivity contribution in [2.75, 3.05) is 0 Å². The molecule has 0 aliphatic rings. The summed E-state index contributed by atoms with van der Waals surface area (Å²) in [4.78, 5) is 0. The van der Waals surface area contributed by atoms with E-state index in [0.717, 1.165) is 42.4 Å². The summed E-state index contributed by atoms with van der Waals surface area (Å²) >= 11 is 0. The molecule has 3 rings (SSSR count). The van der Waals surface area contributed by atoms with Crippen LogP contribution in [0.1, 0.15) is 36.5 Å². The second-order valence-corrected chi connectivity index (χ2v) is 7.47. The molecule has 3 aromatic rings. The third-order valence-electron chi connectivity index (χ3n) is 5.15. The van der Waals surface area contributed by atoms with E-state index in [1.54, 1.807) is 36.4 Å². The zero-order valence-corrected chi connectivity index (χ0v) is 17.9. The fourth-order valence-corrected chi connectivity index (χ4v) is 3.34. The Hall–Kier alpha value is -3.20. The topological polar surface area (TPSA) is 9.23 Å². The first kappa shape index (κ1) is 22.5. The SMILES string of the molecule is C=CCCc1ccc(-c2ccc(OC(F)(F)c3ccc(CC/C=C/C)cc3)cc2)cc1. The van der Waals surface area contributed by atoms with E-state index in [4.69, 9.17) is 4.74 Å². The highest BCUT2D eigenvalue weighted by Gasteiger charge is 2.34. The highest BCUT2D eigenvalue weighted by Crippen LogP contribution is 2.33. The van der Waals surface area contributed by atoms with Gasteiger partial charge in [-0.3, -0.25) is 0 Å². The second kappa shape index (κ2) is 10.7. The smallest absolute Gasteiger partial charge is 0.426 e. The largest absolute Gasteiger partial charge is 0.429 e. The Morgan fingerprint density at radius 3 is 1.84 bits per heavy atom. The van der Waals surface area contributed by atoms with Crippen LogP contribution in [-0.4, -0.2) is 0 Å². The van der Waals surface area contributed by atoms with Gasteiger partial charge in [0.1, 0.15) is 5.75 Å². The van der Waals surface area contributed by atoms with Gasteiger partial charge < -0.3 is 4.74 Å². The molecule has 0 spiro atoms. The number of alkyl halides is 2. The Bertz CT molecular complexity index is 985. The van der Waals surface area contributed by atoms with Gasteiger partial charge >= 0.3 is 6.11 Å². The van der Waals surface area contributed by atoms with Gasteiger partial charge in [-0.15, -0.1) is 6.58 Å². The molecular weight excluding hydrogens is 390 g/mol. The van der Waals surface area contributed by atoms with Gasteiger partial charge in [-0.25, -0.2) is 0 Å². The van der Waals surface area contributed by atoms with Crippen LogP contribution in [0.25, 0.3) is 11.1 Å². The number of rotatable bonds is 10. The van der Waals surface area contributed by atoms with E-state index < -0.39 is 6.11 Å². The van der Waals surface area contributed by atoms with Crippen molar-refractivity contribution in [3.05, 3.63) is 114 Å². The predicted molar refractivity (Wildman–Crippen MR) is 124 cm³/mol. The molecule has 1 nitrogen and oxygen atoms in total. The van der Waals surface area contributed by atoms with Gasteiger partial charge in [-0.1, -0.05) is 66.8 Å². The number of allylic oxidation sites excluding steroid dienone is 3. The molecule has 0 heterocycles. The molecule has 0 N–H and O–H groups in total. The average molecular weight is 419 g/mol. The van der Waals surface area contributed by atoms with Crippen LogP contribution in [0.3, 0.4) is 0 Å². The highest BCUT2D eigenvalue weighted by molar-refractivity contribution is 5.64. The average Bonchev–Trinajstić information content (AvgIpc) is 2.79. The monoisotopic (exact) mass is 418 g/mol. The molecule has 3 aromatic carbocycles. The van der Waals surface area contributed by atoms with Crippen molar-refractivity contribution in [3.8, 4) is 16.9 Å². The minimum atomic E-state index is -3.39. The molecule has 0 aromatic heterocycles. The maximum Gasteiger partial charge on any atom is 0.426 e. The predicted octanol–water partition coefficient (Wildman–Crippen LogP) is 8.11. The fraction of sp³-hybridized carbons (Fsp3) is 0.214. The molecule has 0 saturated heterocycles. The van der Waals surface area contributed by atoms with Crippen LogP contribution in [0.4, 0.5) is 8.78 Å². The standard InChI is InChI=1S/C28H28F2O/c1-3-5-7-9-23-12-18-26(19-13-23)28(29,30)31-27-20-16-25(17-21-27)24-14-10-22(11-15-24)8-6-4-2/h3-5,10-21H,2,6-9H2,1H3/b5-3+. The van der Waals surface area contributed by atoms with E-state index in [0.29, 0.717) is 0 Å². The van der Waals surface area contributed by atoms with Crippen LogP contribution in [0.2, 0.25) is 0 Å². The summed E-state index contributed by atoms with van der Waals surface area (Å²) in [6, 6.07) is 21.4. The van der Waals surface area contributed by atoms with Crippen molar-refractivity contribution in [2.24, 2.45) is 0 Å². The Kier molecular flexibility index (Phi) is 7.77. The van der Waals surface area contributed by atoms with E-state index >= 15 is 0 Å². The third-order valence-corrected chi connectivity index (χ3v) is 5.15. The van der Waals surface area contributed by atoms with Crippen molar-refractivity contribution >= 4 is 0 Å². The number of hydrogen-bond acceptors (Lipinski definition) is 1. The van der Waals surface area contributed by atoms with Crippen LogP contribution >= 0.6 is 0 Å². The van der Waals surface area contributed by atoms with Crippen molar-refractivity contribution in [1.29, 1.82) is 0 Å². The van der Waals surface area contributed by atoms with Gasteiger partial charge in [0.05, 0.1) is 5.56 Å². The lowest BCUT2D eigenvalue weighted by Gasteiger charge is -2.19. The van der Waals surface area contributed by atoms with Gasteiger partial charge in [-0.05, 0) is 79.1 Å². The molecule has 0 amide bonds. The Balaban J connectivity index is 1.64. The number of hydrogen-bond donors (Lipinski definition) is 0. The summed E-state index contributed by atoms with van der Waals surface area (Å²) in [7, 11) is 0. The Morgan fingerprint density at radius 1 is 0.774 bits per heavy atom. The Labute approximate surface area is 183 Å². The van der Waals surface area contributed by atoms with E-state index in [1.165, 1.54) is 17.7 Å². The molecular formula is C28H28F2O. The van der Waals surface area contributed by atoms with Crippen LogP contribution in [-0.2, 0) is 19.0 Å². The minimum absolute atomic E-state index is 0.133. The molecule has 0 aliphatic carbocycles. The zero-order valence-electron chi connectivity index (χ0n) is 17.9. The molecule has 0 fully saturated rings. The normalized spacial score (nSPS) is 11.6. The third kappa shape index (κ3) is 6.39. The Morgan fingerprint density at radius 2 is 1.29 bits per heavy atom. The van der Waals surface area contributed by atoms with E-state index in [9.17, 15) is 8.78 Å². The van der Waals surface area contributed by atoms with E-state index in [-0.39, 0.29) is 11.3 Å². The van der Waals surface area contributed by atoms with Crippen molar-refractivity contribution in [3.63, 3.8) is 0 Å². The number of benzene rings is 3. The van der Waals surface area contributed by atoms with Crippen molar-refractivity contribution in [2.45, 2.75) is 38.7 Å². The van der Waals surface area contributed by atoms with Crippen LogP contribution in [0.15, 0.2) is 97.6 Å². The zero-order chi connectivity index (χ0) is 22.1. The van der Waals surface area contributed by atoms with Gasteiger partial charge in [0, 0.05) is 0 Å². The minimum Gasteiger partial charge on any atom is -0.429 e. The maximum atomic E-state index is 14.6. The van der Waals surface area contributed by atoms with E-state index in [1.807, 2.05) is 31.2 Å². The number of ether oxygens (including phenoxy) is 1. The molecule has 0 atom stereocenters. The summed E-state index contributed by atoms with van der Waals surface area (Å²) < 4.78 is 34.2. The summed E-state index contributed by atoms with van der Waals surface area (Å²) in [5.41, 5.74) is 4.11. The maximum absolute atomic E-state index is 14.6. The molecule has 3 heteroatoms. The second-order valence-electron chi connectivity index (χ2n) is 7.47. The highest BCUT2D eigenvalue weighted by atomic mass is 19.3.